The molecule has 1 saturated heterocycles. The van der Waals surface area contributed by atoms with Crippen molar-refractivity contribution in [2.24, 2.45) is 0 Å². The van der Waals surface area contributed by atoms with Gasteiger partial charge in [0.05, 0.1) is 4.90 Å². The Kier molecular flexibility index (Phi) is 5.44. The zero-order valence-corrected chi connectivity index (χ0v) is 15.9. The molecule has 0 unspecified atom stereocenters. The molecule has 0 aliphatic carbocycles. The summed E-state index contributed by atoms with van der Waals surface area (Å²) in [7, 11) is -3.68. The second kappa shape index (κ2) is 7.60. The fourth-order valence-corrected chi connectivity index (χ4v) is 4.84. The largest absolute Gasteiger partial charge is 0.325 e. The number of amides is 1. The molecule has 3 rings (SSSR count). The van der Waals surface area contributed by atoms with E-state index in [-0.39, 0.29) is 10.8 Å². The van der Waals surface area contributed by atoms with Crippen LogP contribution >= 0.6 is 0 Å². The van der Waals surface area contributed by atoms with E-state index >= 15 is 0 Å². The average Bonchev–Trinajstić information content (AvgIpc) is 3.13. The number of rotatable bonds is 5. The van der Waals surface area contributed by atoms with E-state index in [0.29, 0.717) is 25.1 Å². The molecule has 1 heterocycles. The van der Waals surface area contributed by atoms with Crippen molar-refractivity contribution in [2.75, 3.05) is 11.9 Å². The molecule has 26 heavy (non-hydrogen) atoms. The summed E-state index contributed by atoms with van der Waals surface area (Å²) in [4.78, 5) is 12.9. The Bertz CT molecular complexity index is 874. The van der Waals surface area contributed by atoms with Gasteiger partial charge in [-0.25, -0.2) is 8.42 Å². The zero-order valence-electron chi connectivity index (χ0n) is 15.1. The minimum Gasteiger partial charge on any atom is -0.325 e. The third kappa shape index (κ3) is 3.81. The van der Waals surface area contributed by atoms with Crippen molar-refractivity contribution in [3.05, 3.63) is 59.7 Å². The standard InChI is InChI=1S/C20H24N2O3S/c1-3-16-8-10-17(11-9-16)21-20(23)19-5-4-14-22(19)26(24,25)18-12-6-15(2)7-13-18/h6-13,19H,3-5,14H2,1-2H3,(H,21,23)/t19-/m0/s1. The molecule has 5 nitrogen and oxygen atoms in total. The van der Waals surface area contributed by atoms with Gasteiger partial charge in [-0.3, -0.25) is 4.79 Å². The van der Waals surface area contributed by atoms with E-state index in [1.807, 2.05) is 31.2 Å². The lowest BCUT2D eigenvalue weighted by Gasteiger charge is -2.23. The Balaban J connectivity index is 1.78. The second-order valence-corrected chi connectivity index (χ2v) is 8.52. The number of carbonyl (C=O) groups excluding carboxylic acids is 1. The molecule has 0 saturated carbocycles. The van der Waals surface area contributed by atoms with Gasteiger partial charge in [0.25, 0.3) is 0 Å². The normalized spacial score (nSPS) is 18.0. The summed E-state index contributed by atoms with van der Waals surface area (Å²) >= 11 is 0. The summed E-state index contributed by atoms with van der Waals surface area (Å²) < 4.78 is 27.2. The zero-order chi connectivity index (χ0) is 18.7. The van der Waals surface area contributed by atoms with Gasteiger partial charge >= 0.3 is 0 Å². The molecule has 0 bridgehead atoms. The molecule has 2 aromatic rings. The first-order valence-corrected chi connectivity index (χ1v) is 10.3. The van der Waals surface area contributed by atoms with Gasteiger partial charge in [0.15, 0.2) is 0 Å². The molecule has 1 amide bonds. The summed E-state index contributed by atoms with van der Waals surface area (Å²) in [6, 6.07) is 13.7. The molecular formula is C20H24N2O3S. The highest BCUT2D eigenvalue weighted by molar-refractivity contribution is 7.89. The monoisotopic (exact) mass is 372 g/mol. The van der Waals surface area contributed by atoms with Crippen LogP contribution in [0, 0.1) is 6.92 Å². The Hall–Kier alpha value is -2.18. The van der Waals surface area contributed by atoms with Gasteiger partial charge in [-0.05, 0) is 56.0 Å². The lowest BCUT2D eigenvalue weighted by atomic mass is 10.1. The molecule has 1 N–H and O–H groups in total. The van der Waals surface area contributed by atoms with E-state index in [1.165, 1.54) is 9.87 Å². The molecule has 2 aromatic carbocycles. The van der Waals surface area contributed by atoms with Crippen molar-refractivity contribution in [2.45, 2.75) is 44.0 Å². The van der Waals surface area contributed by atoms with Crippen molar-refractivity contribution in [1.29, 1.82) is 0 Å². The van der Waals surface area contributed by atoms with Crippen LogP contribution in [0.15, 0.2) is 53.4 Å². The highest BCUT2D eigenvalue weighted by Crippen LogP contribution is 2.27. The molecule has 6 heteroatoms. The molecule has 1 aliphatic heterocycles. The summed E-state index contributed by atoms with van der Waals surface area (Å²) in [5.41, 5.74) is 2.87. The Morgan fingerprint density at radius 1 is 1.12 bits per heavy atom. The number of sulfonamides is 1. The number of aryl methyl sites for hydroxylation is 2. The van der Waals surface area contributed by atoms with Crippen LogP contribution in [0.25, 0.3) is 0 Å². The number of hydrogen-bond donors (Lipinski definition) is 1. The van der Waals surface area contributed by atoms with E-state index < -0.39 is 16.1 Å². The first-order valence-electron chi connectivity index (χ1n) is 8.90. The Morgan fingerprint density at radius 2 is 1.77 bits per heavy atom. The highest BCUT2D eigenvalue weighted by Gasteiger charge is 2.39. The van der Waals surface area contributed by atoms with Gasteiger partial charge in [0.2, 0.25) is 15.9 Å². The predicted octanol–water partition coefficient (Wildman–Crippen LogP) is 3.35. The topological polar surface area (TPSA) is 66.5 Å². The summed E-state index contributed by atoms with van der Waals surface area (Å²) in [6.45, 7) is 4.34. The average molecular weight is 372 g/mol. The Labute approximate surface area is 155 Å². The van der Waals surface area contributed by atoms with Crippen LogP contribution in [0.2, 0.25) is 0 Å². The summed E-state index contributed by atoms with van der Waals surface area (Å²) in [5, 5.41) is 2.85. The van der Waals surface area contributed by atoms with E-state index in [2.05, 4.69) is 12.2 Å². The minimum atomic E-state index is -3.68. The minimum absolute atomic E-state index is 0.232. The fourth-order valence-electron chi connectivity index (χ4n) is 3.18. The molecule has 1 aliphatic rings. The van der Waals surface area contributed by atoms with Crippen molar-refractivity contribution in [3.63, 3.8) is 0 Å². The van der Waals surface area contributed by atoms with Crippen molar-refractivity contribution < 1.29 is 13.2 Å². The van der Waals surface area contributed by atoms with Gasteiger partial charge in [-0.1, -0.05) is 36.8 Å². The van der Waals surface area contributed by atoms with Crippen LogP contribution in [0.1, 0.15) is 30.9 Å². The number of anilines is 1. The van der Waals surface area contributed by atoms with Crippen molar-refractivity contribution in [1.82, 2.24) is 4.31 Å². The predicted molar refractivity (Wildman–Crippen MR) is 103 cm³/mol. The van der Waals surface area contributed by atoms with Gasteiger partial charge in [0, 0.05) is 12.2 Å². The summed E-state index contributed by atoms with van der Waals surface area (Å²) in [5.74, 6) is -0.276. The van der Waals surface area contributed by atoms with E-state index in [4.69, 9.17) is 0 Å². The first kappa shape index (κ1) is 18.6. The number of carbonyl (C=O) groups is 1. The number of nitrogens with one attached hydrogen (secondary N) is 1. The van der Waals surface area contributed by atoms with Gasteiger partial charge in [-0.15, -0.1) is 0 Å². The van der Waals surface area contributed by atoms with E-state index in [0.717, 1.165) is 12.0 Å². The maximum Gasteiger partial charge on any atom is 0.243 e. The maximum atomic E-state index is 12.9. The molecule has 0 radical (unpaired) electrons. The summed E-state index contributed by atoms with van der Waals surface area (Å²) in [6.07, 6.45) is 2.14. The molecule has 0 aromatic heterocycles. The van der Waals surface area contributed by atoms with Crippen molar-refractivity contribution in [3.8, 4) is 0 Å². The number of benzene rings is 2. The maximum absolute atomic E-state index is 12.9. The van der Waals surface area contributed by atoms with Gasteiger partial charge in [-0.2, -0.15) is 4.31 Å². The third-order valence-electron chi connectivity index (χ3n) is 4.76. The van der Waals surface area contributed by atoms with Crippen LogP contribution in [-0.2, 0) is 21.2 Å². The third-order valence-corrected chi connectivity index (χ3v) is 6.69. The highest BCUT2D eigenvalue weighted by atomic mass is 32.2. The number of hydrogen-bond acceptors (Lipinski definition) is 3. The van der Waals surface area contributed by atoms with Crippen LogP contribution in [0.4, 0.5) is 5.69 Å². The Morgan fingerprint density at radius 3 is 2.38 bits per heavy atom. The first-order chi connectivity index (χ1) is 12.4. The fraction of sp³-hybridized carbons (Fsp3) is 0.350. The van der Waals surface area contributed by atoms with E-state index in [9.17, 15) is 13.2 Å². The molecule has 138 valence electrons. The lowest BCUT2D eigenvalue weighted by molar-refractivity contribution is -0.119. The SMILES string of the molecule is CCc1ccc(NC(=O)[C@@H]2CCCN2S(=O)(=O)c2ccc(C)cc2)cc1. The molecule has 0 spiro atoms. The van der Waals surface area contributed by atoms with Crippen LogP contribution in [0.3, 0.4) is 0 Å². The molecular weight excluding hydrogens is 348 g/mol. The number of nitrogens with zero attached hydrogens (tertiary/aromatic N) is 1. The van der Waals surface area contributed by atoms with Gasteiger partial charge < -0.3 is 5.32 Å². The van der Waals surface area contributed by atoms with Crippen molar-refractivity contribution >= 4 is 21.6 Å². The van der Waals surface area contributed by atoms with Crippen LogP contribution in [-0.4, -0.2) is 31.2 Å². The second-order valence-electron chi connectivity index (χ2n) is 6.63. The quantitative estimate of drug-likeness (QED) is 0.875. The van der Waals surface area contributed by atoms with Crippen LogP contribution < -0.4 is 5.32 Å². The van der Waals surface area contributed by atoms with Crippen LogP contribution in [0.5, 0.6) is 0 Å². The lowest BCUT2D eigenvalue weighted by Crippen LogP contribution is -2.43. The molecule has 1 atom stereocenters. The molecule has 1 fully saturated rings. The van der Waals surface area contributed by atoms with E-state index in [1.54, 1.807) is 24.3 Å². The smallest absolute Gasteiger partial charge is 0.243 e. The van der Waals surface area contributed by atoms with Gasteiger partial charge in [0.1, 0.15) is 6.04 Å².